The highest BCUT2D eigenvalue weighted by Crippen LogP contribution is 2.34. The second-order valence-electron chi connectivity index (χ2n) is 5.07. The van der Waals surface area contributed by atoms with E-state index in [0.717, 1.165) is 0 Å². The summed E-state index contributed by atoms with van der Waals surface area (Å²) in [7, 11) is 0. The van der Waals surface area contributed by atoms with Gasteiger partial charge in [0.15, 0.2) is 0 Å². The van der Waals surface area contributed by atoms with Gasteiger partial charge in [0.05, 0.1) is 18.7 Å². The van der Waals surface area contributed by atoms with Gasteiger partial charge in [0.2, 0.25) is 0 Å². The fourth-order valence-corrected chi connectivity index (χ4v) is 3.42. The van der Waals surface area contributed by atoms with Crippen LogP contribution in [0.2, 0.25) is 0 Å². The lowest BCUT2D eigenvalue weighted by atomic mass is 10.2. The molecule has 3 rings (SSSR count). The van der Waals surface area contributed by atoms with Gasteiger partial charge in [0.1, 0.15) is 17.2 Å². The number of hydrogen-bond acceptors (Lipinski definition) is 6. The molecule has 8 heteroatoms. The number of cyclic esters (lactones) is 1. The van der Waals surface area contributed by atoms with Crippen LogP contribution in [-0.4, -0.2) is 29.9 Å². The zero-order valence-electron chi connectivity index (χ0n) is 12.1. The molecule has 118 valence electrons. The highest BCUT2D eigenvalue weighted by Gasteiger charge is 2.34. The highest BCUT2D eigenvalue weighted by atomic mass is 32.1. The molecule has 7 nitrogen and oxygen atoms in total. The summed E-state index contributed by atoms with van der Waals surface area (Å²) in [5, 5.41) is 11.8. The summed E-state index contributed by atoms with van der Waals surface area (Å²) in [4.78, 5) is 25.2. The Labute approximate surface area is 136 Å². The van der Waals surface area contributed by atoms with Crippen LogP contribution in [-0.2, 0) is 11.3 Å². The van der Waals surface area contributed by atoms with E-state index in [-0.39, 0.29) is 24.8 Å². The molecule has 0 aromatic carbocycles. The van der Waals surface area contributed by atoms with Gasteiger partial charge >= 0.3 is 6.09 Å². The molecule has 1 fully saturated rings. The first-order chi connectivity index (χ1) is 11.1. The zero-order chi connectivity index (χ0) is 16.4. The molecule has 2 aromatic rings. The summed E-state index contributed by atoms with van der Waals surface area (Å²) in [6, 6.07) is 7.01. The summed E-state index contributed by atoms with van der Waals surface area (Å²) in [6.07, 6.45) is 0.800. The molecular formula is C15H14N4O3S. The minimum Gasteiger partial charge on any atom is -0.443 e. The largest absolute Gasteiger partial charge is 0.443 e. The topological polar surface area (TPSA) is 101 Å². The van der Waals surface area contributed by atoms with Crippen molar-refractivity contribution in [2.24, 2.45) is 5.73 Å². The standard InChI is InChI=1S/C15H14N4O3S/c16-5-11-8-19(15(21)22-11)14-12(6-17)10(9-23-14)7-18-4-2-1-3-13(18)20/h1-4,9,11H,5,7-8,16H2/t11-/m0/s1. The molecule has 3 heterocycles. The monoisotopic (exact) mass is 330 g/mol. The van der Waals surface area contributed by atoms with Gasteiger partial charge in [-0.3, -0.25) is 9.69 Å². The van der Waals surface area contributed by atoms with Crippen LogP contribution in [0.1, 0.15) is 11.1 Å². The summed E-state index contributed by atoms with van der Waals surface area (Å²) in [5.41, 5.74) is 6.47. The van der Waals surface area contributed by atoms with Crippen molar-refractivity contribution >= 4 is 22.4 Å². The van der Waals surface area contributed by atoms with Gasteiger partial charge in [0, 0.05) is 24.4 Å². The van der Waals surface area contributed by atoms with Crippen LogP contribution < -0.4 is 16.2 Å². The second-order valence-corrected chi connectivity index (χ2v) is 5.93. The molecule has 1 aliphatic rings. The summed E-state index contributed by atoms with van der Waals surface area (Å²) in [5.74, 6) is 0. The maximum atomic E-state index is 11.9. The molecule has 1 aliphatic heterocycles. The fraction of sp³-hybridized carbons (Fsp3) is 0.267. The predicted octanol–water partition coefficient (Wildman–Crippen LogP) is 1.11. The third-order valence-corrected chi connectivity index (χ3v) is 4.63. The first-order valence-corrected chi connectivity index (χ1v) is 7.86. The first-order valence-electron chi connectivity index (χ1n) is 6.98. The summed E-state index contributed by atoms with van der Waals surface area (Å²) < 4.78 is 6.64. The Bertz CT molecular complexity index is 836. The number of aromatic nitrogens is 1. The number of amides is 1. The number of thiophene rings is 1. The molecule has 0 unspecified atom stereocenters. The number of carbonyl (C=O) groups is 1. The van der Waals surface area contributed by atoms with E-state index in [0.29, 0.717) is 22.7 Å². The molecule has 1 amide bonds. The number of nitrogens with zero attached hydrogens (tertiary/aromatic N) is 3. The average Bonchev–Trinajstić information content (AvgIpc) is 3.12. The molecule has 0 spiro atoms. The van der Waals surface area contributed by atoms with E-state index in [2.05, 4.69) is 6.07 Å². The van der Waals surface area contributed by atoms with E-state index in [1.807, 2.05) is 0 Å². The van der Waals surface area contributed by atoms with E-state index in [4.69, 9.17) is 10.5 Å². The molecule has 1 saturated heterocycles. The van der Waals surface area contributed by atoms with Crippen LogP contribution in [0.25, 0.3) is 0 Å². The molecule has 23 heavy (non-hydrogen) atoms. The Kier molecular flexibility index (Phi) is 4.14. The molecule has 0 aliphatic carbocycles. The number of carbonyl (C=O) groups excluding carboxylic acids is 1. The Morgan fingerprint density at radius 2 is 2.26 bits per heavy atom. The van der Waals surface area contributed by atoms with Crippen molar-refractivity contribution < 1.29 is 9.53 Å². The van der Waals surface area contributed by atoms with E-state index < -0.39 is 6.09 Å². The quantitative estimate of drug-likeness (QED) is 0.905. The van der Waals surface area contributed by atoms with Crippen LogP contribution in [0.5, 0.6) is 0 Å². The SMILES string of the molecule is N#Cc1c(Cn2ccccc2=O)csc1N1C[C@H](CN)OC1=O. The van der Waals surface area contributed by atoms with Gasteiger partial charge < -0.3 is 15.0 Å². The maximum absolute atomic E-state index is 11.9. The summed E-state index contributed by atoms with van der Waals surface area (Å²) in [6.45, 7) is 0.847. The molecule has 2 aromatic heterocycles. The Balaban J connectivity index is 1.92. The van der Waals surface area contributed by atoms with Gasteiger partial charge in [-0.25, -0.2) is 4.79 Å². The van der Waals surface area contributed by atoms with Crippen LogP contribution in [0.15, 0.2) is 34.6 Å². The zero-order valence-corrected chi connectivity index (χ0v) is 13.0. The van der Waals surface area contributed by atoms with Gasteiger partial charge in [-0.15, -0.1) is 11.3 Å². The van der Waals surface area contributed by atoms with Crippen LogP contribution >= 0.6 is 11.3 Å². The number of anilines is 1. The van der Waals surface area contributed by atoms with Crippen molar-refractivity contribution in [1.82, 2.24) is 4.57 Å². The Hall–Kier alpha value is -2.63. The van der Waals surface area contributed by atoms with Gasteiger partial charge in [-0.2, -0.15) is 5.26 Å². The Morgan fingerprint density at radius 3 is 2.91 bits per heavy atom. The van der Waals surface area contributed by atoms with E-state index in [9.17, 15) is 14.9 Å². The lowest BCUT2D eigenvalue weighted by molar-refractivity contribution is 0.145. The summed E-state index contributed by atoms with van der Waals surface area (Å²) >= 11 is 1.29. The van der Waals surface area contributed by atoms with Crippen molar-refractivity contribution in [2.45, 2.75) is 12.6 Å². The molecule has 0 bridgehead atoms. The van der Waals surface area contributed by atoms with Crippen LogP contribution in [0.3, 0.4) is 0 Å². The van der Waals surface area contributed by atoms with Gasteiger partial charge in [-0.1, -0.05) is 6.07 Å². The first kappa shape index (κ1) is 15.3. The van der Waals surface area contributed by atoms with Crippen molar-refractivity contribution in [1.29, 1.82) is 5.26 Å². The third kappa shape index (κ3) is 2.84. The minimum atomic E-state index is -0.498. The number of nitrogens with two attached hydrogens (primary N) is 1. The number of rotatable bonds is 4. The molecule has 0 saturated carbocycles. The maximum Gasteiger partial charge on any atom is 0.415 e. The lowest BCUT2D eigenvalue weighted by Gasteiger charge is -2.11. The number of nitriles is 1. The van der Waals surface area contributed by atoms with Crippen molar-refractivity contribution in [3.8, 4) is 6.07 Å². The highest BCUT2D eigenvalue weighted by molar-refractivity contribution is 7.14. The average molecular weight is 330 g/mol. The number of hydrogen-bond donors (Lipinski definition) is 1. The van der Waals surface area contributed by atoms with E-state index >= 15 is 0 Å². The third-order valence-electron chi connectivity index (χ3n) is 3.58. The van der Waals surface area contributed by atoms with Crippen molar-refractivity contribution in [3.63, 3.8) is 0 Å². The lowest BCUT2D eigenvalue weighted by Crippen LogP contribution is -2.27. The molecular weight excluding hydrogens is 316 g/mol. The van der Waals surface area contributed by atoms with Gasteiger partial charge in [0.25, 0.3) is 5.56 Å². The molecule has 0 radical (unpaired) electrons. The number of pyridine rings is 1. The normalized spacial score (nSPS) is 17.1. The predicted molar refractivity (Wildman–Crippen MR) is 85.5 cm³/mol. The van der Waals surface area contributed by atoms with E-state index in [1.165, 1.54) is 26.9 Å². The van der Waals surface area contributed by atoms with Crippen molar-refractivity contribution in [2.75, 3.05) is 18.0 Å². The Morgan fingerprint density at radius 1 is 1.43 bits per heavy atom. The fourth-order valence-electron chi connectivity index (χ4n) is 2.40. The second kappa shape index (κ2) is 6.24. The molecule has 2 N–H and O–H groups in total. The molecule has 1 atom stereocenters. The van der Waals surface area contributed by atoms with Crippen LogP contribution in [0.4, 0.5) is 9.80 Å². The van der Waals surface area contributed by atoms with Crippen molar-refractivity contribution in [3.05, 3.63) is 51.3 Å². The van der Waals surface area contributed by atoms with Gasteiger partial charge in [-0.05, 0) is 11.4 Å². The smallest absolute Gasteiger partial charge is 0.415 e. The van der Waals surface area contributed by atoms with Crippen LogP contribution in [0, 0.1) is 11.3 Å². The minimum absolute atomic E-state index is 0.145. The van der Waals surface area contributed by atoms with E-state index in [1.54, 1.807) is 23.7 Å². The number of ether oxygens (including phenoxy) is 1.